The number of sulfonamides is 1. The maximum absolute atomic E-state index is 13.2. The number of aryl methyl sites for hydroxylation is 1. The molecule has 0 fully saturated rings. The topological polar surface area (TPSA) is 99.1 Å². The summed E-state index contributed by atoms with van der Waals surface area (Å²) in [6.45, 7) is 1.23. The minimum atomic E-state index is -4.00. The molecule has 0 atom stereocenters. The van der Waals surface area contributed by atoms with Crippen molar-refractivity contribution in [1.29, 1.82) is 0 Å². The van der Waals surface area contributed by atoms with Crippen LogP contribution in [0.2, 0.25) is 0 Å². The highest BCUT2D eigenvalue weighted by molar-refractivity contribution is 7.89. The molecule has 0 aliphatic rings. The summed E-state index contributed by atoms with van der Waals surface area (Å²) >= 11 is 0. The van der Waals surface area contributed by atoms with Crippen LogP contribution in [-0.4, -0.2) is 36.5 Å². The van der Waals surface area contributed by atoms with E-state index in [1.807, 2.05) is 6.92 Å². The van der Waals surface area contributed by atoms with Gasteiger partial charge in [0.1, 0.15) is 11.6 Å². The van der Waals surface area contributed by atoms with Crippen LogP contribution in [0.15, 0.2) is 82.8 Å². The molecule has 9 heteroatoms. The summed E-state index contributed by atoms with van der Waals surface area (Å²) in [6.07, 6.45) is 1.37. The van der Waals surface area contributed by atoms with Crippen molar-refractivity contribution >= 4 is 22.1 Å². The number of hydrogen-bond acceptors (Lipinski definition) is 5. The normalized spacial score (nSPS) is 11.7. The number of phenols is 1. The van der Waals surface area contributed by atoms with Gasteiger partial charge < -0.3 is 5.11 Å². The molecule has 0 aliphatic heterocycles. The first-order valence-electron chi connectivity index (χ1n) is 9.66. The van der Waals surface area contributed by atoms with Crippen molar-refractivity contribution in [3.8, 4) is 5.75 Å². The summed E-state index contributed by atoms with van der Waals surface area (Å²) in [6, 6.07) is 17.8. The van der Waals surface area contributed by atoms with Crippen molar-refractivity contribution in [3.05, 3.63) is 95.3 Å². The van der Waals surface area contributed by atoms with Crippen LogP contribution in [0, 0.1) is 12.7 Å². The highest BCUT2D eigenvalue weighted by Gasteiger charge is 2.27. The number of halogens is 1. The lowest BCUT2D eigenvalue weighted by atomic mass is 10.2. The number of hydrazone groups is 1. The first-order valence-corrected chi connectivity index (χ1v) is 11.1. The summed E-state index contributed by atoms with van der Waals surface area (Å²) in [5.74, 6) is -0.982. The fourth-order valence-corrected chi connectivity index (χ4v) is 4.20. The van der Waals surface area contributed by atoms with Gasteiger partial charge >= 0.3 is 0 Å². The van der Waals surface area contributed by atoms with Gasteiger partial charge in [0.15, 0.2) is 0 Å². The Kier molecular flexibility index (Phi) is 7.34. The van der Waals surface area contributed by atoms with Crippen molar-refractivity contribution in [1.82, 2.24) is 9.73 Å². The number of aromatic hydroxyl groups is 1. The third-order valence-corrected chi connectivity index (χ3v) is 6.35. The molecule has 7 nitrogen and oxygen atoms in total. The monoisotopic (exact) mass is 455 g/mol. The lowest BCUT2D eigenvalue weighted by molar-refractivity contribution is -0.121. The van der Waals surface area contributed by atoms with Crippen LogP contribution in [0.4, 0.5) is 4.39 Å². The first kappa shape index (κ1) is 23.1. The molecule has 0 radical (unpaired) electrons. The molecule has 0 unspecified atom stereocenters. The molecule has 32 heavy (non-hydrogen) atoms. The van der Waals surface area contributed by atoms with E-state index < -0.39 is 28.3 Å². The van der Waals surface area contributed by atoms with Gasteiger partial charge in [-0.3, -0.25) is 4.79 Å². The van der Waals surface area contributed by atoms with Crippen molar-refractivity contribution in [2.45, 2.75) is 18.4 Å². The Balaban J connectivity index is 1.78. The fourth-order valence-electron chi connectivity index (χ4n) is 2.81. The number of nitrogens with zero attached hydrogens (tertiary/aromatic N) is 2. The number of carbonyl (C=O) groups is 1. The molecule has 0 bridgehead atoms. The van der Waals surface area contributed by atoms with E-state index in [4.69, 9.17) is 0 Å². The molecule has 166 valence electrons. The van der Waals surface area contributed by atoms with E-state index in [2.05, 4.69) is 10.5 Å². The van der Waals surface area contributed by atoms with E-state index in [1.165, 1.54) is 54.7 Å². The van der Waals surface area contributed by atoms with E-state index in [0.29, 0.717) is 11.1 Å². The Hall–Kier alpha value is -3.56. The molecule has 2 N–H and O–H groups in total. The molecule has 0 saturated carbocycles. The quantitative estimate of drug-likeness (QED) is 0.403. The summed E-state index contributed by atoms with van der Waals surface area (Å²) in [7, 11) is -4.00. The highest BCUT2D eigenvalue weighted by atomic mass is 32.2. The number of rotatable bonds is 8. The van der Waals surface area contributed by atoms with Crippen LogP contribution in [-0.2, 0) is 21.4 Å². The molecule has 1 amide bonds. The Morgan fingerprint density at radius 1 is 1.03 bits per heavy atom. The van der Waals surface area contributed by atoms with Gasteiger partial charge in [0.25, 0.3) is 5.91 Å². The lowest BCUT2D eigenvalue weighted by Crippen LogP contribution is -2.39. The summed E-state index contributed by atoms with van der Waals surface area (Å²) in [4.78, 5) is 12.5. The van der Waals surface area contributed by atoms with E-state index in [1.54, 1.807) is 24.3 Å². The van der Waals surface area contributed by atoms with Crippen LogP contribution < -0.4 is 5.43 Å². The first-order chi connectivity index (χ1) is 15.2. The van der Waals surface area contributed by atoms with Gasteiger partial charge in [-0.2, -0.15) is 9.41 Å². The van der Waals surface area contributed by atoms with Crippen LogP contribution in [0.3, 0.4) is 0 Å². The zero-order chi connectivity index (χ0) is 23.1. The predicted octanol–water partition coefficient (Wildman–Crippen LogP) is 3.18. The molecule has 0 spiro atoms. The third kappa shape index (κ3) is 6.22. The van der Waals surface area contributed by atoms with Gasteiger partial charge in [0.05, 0.1) is 17.7 Å². The van der Waals surface area contributed by atoms with Gasteiger partial charge in [0.2, 0.25) is 10.0 Å². The Bertz CT molecular complexity index is 1190. The van der Waals surface area contributed by atoms with Crippen molar-refractivity contribution in [2.24, 2.45) is 5.10 Å². The molecule has 0 saturated heterocycles. The summed E-state index contributed by atoms with van der Waals surface area (Å²) < 4.78 is 40.6. The SMILES string of the molecule is Cc1ccc(S(=O)(=O)N(CC(=O)N/N=C\c2ccc(O)cc2)Cc2ccc(F)cc2)cc1. The van der Waals surface area contributed by atoms with Crippen molar-refractivity contribution in [2.75, 3.05) is 6.54 Å². The standard InChI is InChI=1S/C23H22FN3O4S/c1-17-2-12-22(13-3-17)32(30,31)27(15-19-4-8-20(24)9-5-19)16-23(29)26-25-14-18-6-10-21(28)11-7-18/h2-14,28H,15-16H2,1H3,(H,26,29)/b25-14-. The van der Waals surface area contributed by atoms with Crippen LogP contribution in [0.1, 0.15) is 16.7 Å². The van der Waals surface area contributed by atoms with E-state index >= 15 is 0 Å². The Morgan fingerprint density at radius 3 is 2.28 bits per heavy atom. The highest BCUT2D eigenvalue weighted by Crippen LogP contribution is 2.19. The largest absolute Gasteiger partial charge is 0.508 e. The Labute approximate surface area is 185 Å². The maximum atomic E-state index is 13.2. The van der Waals surface area contributed by atoms with Crippen molar-refractivity contribution in [3.63, 3.8) is 0 Å². The number of amides is 1. The smallest absolute Gasteiger partial charge is 0.255 e. The molecule has 0 heterocycles. The van der Waals surface area contributed by atoms with Crippen molar-refractivity contribution < 1.29 is 22.7 Å². The molecule has 3 rings (SSSR count). The van der Waals surface area contributed by atoms with E-state index in [9.17, 15) is 22.7 Å². The number of phenolic OH excluding ortho intramolecular Hbond substituents is 1. The Morgan fingerprint density at radius 2 is 1.66 bits per heavy atom. The molecule has 0 aromatic heterocycles. The van der Waals surface area contributed by atoms with E-state index in [-0.39, 0.29) is 17.2 Å². The zero-order valence-electron chi connectivity index (χ0n) is 17.3. The predicted molar refractivity (Wildman–Crippen MR) is 119 cm³/mol. The average molecular weight is 456 g/mol. The zero-order valence-corrected chi connectivity index (χ0v) is 18.1. The van der Waals surface area contributed by atoms with Gasteiger partial charge in [-0.25, -0.2) is 18.2 Å². The number of nitrogens with one attached hydrogen (secondary N) is 1. The minimum absolute atomic E-state index is 0.0469. The summed E-state index contributed by atoms with van der Waals surface area (Å²) in [5, 5.41) is 13.1. The van der Waals surface area contributed by atoms with Gasteiger partial charge in [-0.05, 0) is 66.6 Å². The molecular formula is C23H22FN3O4S. The lowest BCUT2D eigenvalue weighted by Gasteiger charge is -2.21. The number of benzene rings is 3. The second kappa shape index (κ2) is 10.2. The van der Waals surface area contributed by atoms with Gasteiger partial charge in [0, 0.05) is 6.54 Å². The minimum Gasteiger partial charge on any atom is -0.508 e. The summed E-state index contributed by atoms with van der Waals surface area (Å²) in [5.41, 5.74) is 4.37. The number of carbonyl (C=O) groups excluding carboxylic acids is 1. The second-order valence-electron chi connectivity index (χ2n) is 7.10. The van der Waals surface area contributed by atoms with Crippen LogP contribution in [0.25, 0.3) is 0 Å². The van der Waals surface area contributed by atoms with Gasteiger partial charge in [-0.1, -0.05) is 29.8 Å². The second-order valence-corrected chi connectivity index (χ2v) is 9.04. The fraction of sp³-hybridized carbons (Fsp3) is 0.130. The molecule has 3 aromatic carbocycles. The van der Waals surface area contributed by atoms with Crippen LogP contribution >= 0.6 is 0 Å². The third-order valence-electron chi connectivity index (χ3n) is 4.55. The van der Waals surface area contributed by atoms with E-state index in [0.717, 1.165) is 9.87 Å². The average Bonchev–Trinajstić information content (AvgIpc) is 2.76. The number of hydrogen-bond donors (Lipinski definition) is 2. The molecule has 0 aliphatic carbocycles. The van der Waals surface area contributed by atoms with Gasteiger partial charge in [-0.15, -0.1) is 0 Å². The molecule has 3 aromatic rings. The van der Waals surface area contributed by atoms with Crippen LogP contribution in [0.5, 0.6) is 5.75 Å². The maximum Gasteiger partial charge on any atom is 0.255 e. The molecular weight excluding hydrogens is 433 g/mol.